The molecule has 0 spiro atoms. The van der Waals surface area contributed by atoms with Gasteiger partial charge in [-0.2, -0.15) is 13.2 Å². The van der Waals surface area contributed by atoms with Crippen LogP contribution in [0.4, 0.5) is 33.0 Å². The predicted molar refractivity (Wildman–Crippen MR) is 150 cm³/mol. The highest BCUT2D eigenvalue weighted by atomic mass is 35.5. The lowest BCUT2D eigenvalue weighted by molar-refractivity contribution is -0.137. The van der Waals surface area contributed by atoms with E-state index < -0.39 is 47.5 Å². The van der Waals surface area contributed by atoms with E-state index in [1.54, 1.807) is 24.3 Å². The second-order valence-electron chi connectivity index (χ2n) is 9.74. The lowest BCUT2D eigenvalue weighted by atomic mass is 10.1. The number of alkyl halides is 3. The molecule has 4 rings (SSSR count). The first-order valence-electron chi connectivity index (χ1n) is 13.2. The molecule has 2 aromatic carbocycles. The molecule has 0 aliphatic carbocycles. The molecule has 1 aliphatic rings. The van der Waals surface area contributed by atoms with E-state index in [1.807, 2.05) is 0 Å². The highest BCUT2D eigenvalue weighted by Crippen LogP contribution is 2.29. The van der Waals surface area contributed by atoms with Gasteiger partial charge in [0.2, 0.25) is 0 Å². The number of pyridine rings is 1. The molecule has 0 bridgehead atoms. The zero-order valence-electron chi connectivity index (χ0n) is 23.2. The Hall–Kier alpha value is -4.72. The molecule has 10 nitrogen and oxygen atoms in total. The molecule has 1 aromatic heterocycles. The summed E-state index contributed by atoms with van der Waals surface area (Å²) in [7, 11) is 1.42. The Morgan fingerprint density at radius 2 is 1.73 bits per heavy atom. The number of rotatable bonds is 10. The zero-order chi connectivity index (χ0) is 32.0. The van der Waals surface area contributed by atoms with Crippen LogP contribution in [0.1, 0.15) is 44.7 Å². The maximum atomic E-state index is 13.8. The van der Waals surface area contributed by atoms with Crippen LogP contribution in [0, 0.1) is 5.82 Å². The number of benzene rings is 2. The predicted octanol–water partition coefficient (Wildman–Crippen LogP) is 5.73. The molecule has 0 unspecified atom stereocenters. The number of halogens is 5. The number of hydrogen-bond donors (Lipinski definition) is 2. The third kappa shape index (κ3) is 7.61. The van der Waals surface area contributed by atoms with Crippen molar-refractivity contribution in [2.45, 2.75) is 31.6 Å². The average Bonchev–Trinajstić information content (AvgIpc) is 3.23. The van der Waals surface area contributed by atoms with Gasteiger partial charge in [0.1, 0.15) is 18.2 Å². The van der Waals surface area contributed by atoms with E-state index in [4.69, 9.17) is 16.3 Å². The van der Waals surface area contributed by atoms with Crippen molar-refractivity contribution in [1.29, 1.82) is 0 Å². The summed E-state index contributed by atoms with van der Waals surface area (Å²) < 4.78 is 57.4. The molecular formula is C29H26ClF4N5O5. The van der Waals surface area contributed by atoms with Crippen LogP contribution in [0.5, 0.6) is 0 Å². The van der Waals surface area contributed by atoms with Gasteiger partial charge in [0.15, 0.2) is 0 Å². The molecule has 2 heterocycles. The number of likely N-dealkylation sites (N-methyl/N-ethyl adjacent to an activating group) is 1. The largest absolute Gasteiger partial charge is 0.447 e. The van der Waals surface area contributed by atoms with Gasteiger partial charge in [-0.3, -0.25) is 19.8 Å². The fourth-order valence-electron chi connectivity index (χ4n) is 4.41. The zero-order valence-corrected chi connectivity index (χ0v) is 23.9. The van der Waals surface area contributed by atoms with E-state index in [1.165, 1.54) is 30.1 Å². The molecule has 0 radical (unpaired) electrons. The molecule has 3 aromatic rings. The summed E-state index contributed by atoms with van der Waals surface area (Å²) in [5, 5.41) is 4.68. The number of nitrogens with one attached hydrogen (secondary N) is 2. The van der Waals surface area contributed by atoms with Crippen LogP contribution >= 0.6 is 11.6 Å². The first-order valence-corrected chi connectivity index (χ1v) is 13.6. The number of ether oxygens (including phenoxy) is 1. The number of urea groups is 1. The van der Waals surface area contributed by atoms with E-state index in [-0.39, 0.29) is 43.4 Å². The van der Waals surface area contributed by atoms with Gasteiger partial charge in [-0.15, -0.1) is 0 Å². The molecular weight excluding hydrogens is 610 g/mol. The number of fused-ring (bicyclic) bond motifs is 1. The second kappa shape index (κ2) is 13.7. The summed E-state index contributed by atoms with van der Waals surface area (Å²) in [6.07, 6.45) is -4.68. The maximum absolute atomic E-state index is 13.8. The van der Waals surface area contributed by atoms with Crippen LogP contribution in [-0.4, -0.2) is 65.0 Å². The normalized spacial score (nSPS) is 13.4. The van der Waals surface area contributed by atoms with E-state index in [9.17, 15) is 36.7 Å². The Balaban J connectivity index is 1.39. The topological polar surface area (TPSA) is 121 Å². The van der Waals surface area contributed by atoms with E-state index in [0.717, 1.165) is 17.0 Å². The summed E-state index contributed by atoms with van der Waals surface area (Å²) in [5.41, 5.74) is -0.0890. The summed E-state index contributed by atoms with van der Waals surface area (Å²) in [5.74, 6) is -1.73. The molecule has 15 heteroatoms. The quantitative estimate of drug-likeness (QED) is 0.217. The van der Waals surface area contributed by atoms with Gasteiger partial charge < -0.3 is 15.0 Å². The van der Waals surface area contributed by atoms with Crippen molar-refractivity contribution in [2.75, 3.05) is 25.5 Å². The monoisotopic (exact) mass is 635 g/mol. The fraction of sp³-hybridized carbons (Fsp3) is 0.276. The van der Waals surface area contributed by atoms with Crippen molar-refractivity contribution < 1.29 is 41.5 Å². The average molecular weight is 636 g/mol. The van der Waals surface area contributed by atoms with Gasteiger partial charge in [0.05, 0.1) is 27.8 Å². The summed E-state index contributed by atoms with van der Waals surface area (Å²) in [6, 6.07) is 10.9. The van der Waals surface area contributed by atoms with Crippen molar-refractivity contribution in [3.05, 3.63) is 93.9 Å². The number of amides is 5. The van der Waals surface area contributed by atoms with Crippen molar-refractivity contribution in [3.63, 3.8) is 0 Å². The number of aromatic nitrogens is 1. The Morgan fingerprint density at radius 3 is 2.34 bits per heavy atom. The molecule has 2 N–H and O–H groups in total. The van der Waals surface area contributed by atoms with Crippen LogP contribution in [0.15, 0.2) is 60.8 Å². The highest BCUT2D eigenvalue weighted by molar-refractivity contribution is 6.31. The van der Waals surface area contributed by atoms with E-state index >= 15 is 0 Å². The Morgan fingerprint density at radius 1 is 1.05 bits per heavy atom. The van der Waals surface area contributed by atoms with Crippen molar-refractivity contribution >= 4 is 41.4 Å². The van der Waals surface area contributed by atoms with Crippen LogP contribution < -0.4 is 10.6 Å². The maximum Gasteiger partial charge on any atom is 0.417 e. The third-order valence-electron chi connectivity index (χ3n) is 6.85. The number of anilines is 1. The first kappa shape index (κ1) is 32.2. The van der Waals surface area contributed by atoms with Crippen molar-refractivity contribution in [1.82, 2.24) is 20.1 Å². The van der Waals surface area contributed by atoms with Gasteiger partial charge in [0, 0.05) is 26.3 Å². The van der Waals surface area contributed by atoms with E-state index in [0.29, 0.717) is 22.9 Å². The number of nitrogens with zero attached hydrogens (tertiary/aromatic N) is 3. The van der Waals surface area contributed by atoms with Crippen LogP contribution in [0.3, 0.4) is 0 Å². The number of imide groups is 1. The summed E-state index contributed by atoms with van der Waals surface area (Å²) in [4.78, 5) is 56.7. The lowest BCUT2D eigenvalue weighted by Crippen LogP contribution is -2.46. The molecule has 0 saturated heterocycles. The van der Waals surface area contributed by atoms with Gasteiger partial charge in [0.25, 0.3) is 11.8 Å². The molecule has 232 valence electrons. The fourth-order valence-corrected chi connectivity index (χ4v) is 4.60. The van der Waals surface area contributed by atoms with Crippen LogP contribution in [0.25, 0.3) is 0 Å². The minimum atomic E-state index is -4.60. The van der Waals surface area contributed by atoms with Gasteiger partial charge in [-0.25, -0.2) is 19.0 Å². The molecule has 44 heavy (non-hydrogen) atoms. The Labute approximate surface area is 253 Å². The first-order chi connectivity index (χ1) is 20.9. The molecule has 5 amide bonds. The SMILES string of the molecule is CN(C(=O)NCc1cccc(F)c1Cl)[C@@H](CCCN1C(=O)c2ccccc2C1=O)COC(=O)Nc1ccc(C(F)(F)F)cn1. The number of carbonyl (C=O) groups is 4. The molecule has 0 saturated carbocycles. The summed E-state index contributed by atoms with van der Waals surface area (Å²) >= 11 is 5.96. The molecule has 1 aliphatic heterocycles. The van der Waals surface area contributed by atoms with Crippen molar-refractivity contribution in [2.24, 2.45) is 0 Å². The number of carbonyl (C=O) groups excluding carboxylic acids is 4. The second-order valence-corrected chi connectivity index (χ2v) is 10.1. The van der Waals surface area contributed by atoms with Gasteiger partial charge in [-0.05, 0) is 48.7 Å². The van der Waals surface area contributed by atoms with Crippen LogP contribution in [-0.2, 0) is 17.5 Å². The minimum Gasteiger partial charge on any atom is -0.447 e. The number of hydrogen-bond acceptors (Lipinski definition) is 6. The van der Waals surface area contributed by atoms with E-state index in [2.05, 4.69) is 15.6 Å². The van der Waals surface area contributed by atoms with Gasteiger partial charge >= 0.3 is 18.3 Å². The van der Waals surface area contributed by atoms with Gasteiger partial charge in [-0.1, -0.05) is 35.9 Å². The molecule has 0 fully saturated rings. The Bertz CT molecular complexity index is 1520. The lowest BCUT2D eigenvalue weighted by Gasteiger charge is -2.28. The smallest absolute Gasteiger partial charge is 0.417 e. The Kier molecular flexibility index (Phi) is 10.0. The summed E-state index contributed by atoms with van der Waals surface area (Å²) in [6.45, 7) is -0.444. The minimum absolute atomic E-state index is 0.0267. The van der Waals surface area contributed by atoms with Crippen LogP contribution in [0.2, 0.25) is 5.02 Å². The standard InChI is InChI=1S/C29H26ClF4N5O5/c1-38(27(42)36-14-17-6-4-10-22(31)24(17)30)19(7-5-13-39-25(40)20-8-2-3-9-21(20)26(39)41)16-44-28(43)37-23-12-11-18(15-35-23)29(32,33)34/h2-4,6,8-12,15,19H,5,7,13-14,16H2,1H3,(H,36,42)(H,35,37,43)/t19-/m0/s1. The van der Waals surface area contributed by atoms with Crippen molar-refractivity contribution in [3.8, 4) is 0 Å². The third-order valence-corrected chi connectivity index (χ3v) is 7.28. The molecule has 1 atom stereocenters. The highest BCUT2D eigenvalue weighted by Gasteiger charge is 2.35.